The van der Waals surface area contributed by atoms with Crippen LogP contribution in [0.4, 0.5) is 26.7 Å². The molecule has 5 nitrogen and oxygen atoms in total. The Bertz CT molecular complexity index is 1070. The second-order valence-corrected chi connectivity index (χ2v) is 9.33. The van der Waals surface area contributed by atoms with Gasteiger partial charge in [0.2, 0.25) is 0 Å². The lowest BCUT2D eigenvalue weighted by molar-refractivity contribution is -0.137. The number of alkyl halides is 5. The molecule has 0 N–H and O–H groups in total. The summed E-state index contributed by atoms with van der Waals surface area (Å²) < 4.78 is 78.4. The maximum Gasteiger partial charge on any atom is 0.416 e. The molecule has 37 heavy (non-hydrogen) atoms. The standard InChI is InChI=1S/C27H30F5NO4/c1-18(2)37-24(34)20-10-8-19(9-11-20)12-15-33-23(13-16-36-25(33)35)7-4-14-26(28,29)21-5-3-6-22(17-21)27(30,31)32/h3,5-6,8-11,17-18,23H,4,7,12-16H2,1-2H3/t23-/m0/s1. The molecule has 1 atom stereocenters. The molecule has 2 aromatic carbocycles. The van der Waals surface area contributed by atoms with E-state index in [0.717, 1.165) is 23.8 Å². The normalized spacial score (nSPS) is 16.6. The molecule has 2 aromatic rings. The van der Waals surface area contributed by atoms with E-state index in [0.29, 0.717) is 31.0 Å². The Labute approximate surface area is 212 Å². The summed E-state index contributed by atoms with van der Waals surface area (Å²) in [4.78, 5) is 25.9. The summed E-state index contributed by atoms with van der Waals surface area (Å²) in [6.45, 7) is 3.99. The number of benzene rings is 2. The number of halogens is 5. The number of nitrogens with zero attached hydrogens (tertiary/aromatic N) is 1. The first-order chi connectivity index (χ1) is 17.4. The minimum absolute atomic E-state index is 0.0182. The fourth-order valence-corrected chi connectivity index (χ4v) is 4.21. The smallest absolute Gasteiger partial charge is 0.416 e. The van der Waals surface area contributed by atoms with Crippen LogP contribution >= 0.6 is 0 Å². The van der Waals surface area contributed by atoms with Gasteiger partial charge in [0.1, 0.15) is 0 Å². The summed E-state index contributed by atoms with van der Waals surface area (Å²) in [5, 5.41) is 0. The minimum Gasteiger partial charge on any atom is -0.459 e. The summed E-state index contributed by atoms with van der Waals surface area (Å²) in [6, 6.07) is 9.70. The zero-order chi connectivity index (χ0) is 27.2. The third kappa shape index (κ3) is 7.90. The number of cyclic esters (lactones) is 1. The summed E-state index contributed by atoms with van der Waals surface area (Å²) >= 11 is 0. The summed E-state index contributed by atoms with van der Waals surface area (Å²) in [5.41, 5.74) is -0.512. The van der Waals surface area contributed by atoms with Crippen LogP contribution in [-0.2, 0) is 28.0 Å². The van der Waals surface area contributed by atoms with Gasteiger partial charge in [0, 0.05) is 31.0 Å². The van der Waals surface area contributed by atoms with Crippen LogP contribution in [0.5, 0.6) is 0 Å². The monoisotopic (exact) mass is 527 g/mol. The number of ether oxygens (including phenoxy) is 2. The third-order valence-electron chi connectivity index (χ3n) is 6.17. The number of hydrogen-bond acceptors (Lipinski definition) is 4. The molecular formula is C27H30F5NO4. The summed E-state index contributed by atoms with van der Waals surface area (Å²) in [5.74, 6) is -3.86. The van der Waals surface area contributed by atoms with E-state index >= 15 is 0 Å². The second kappa shape index (κ2) is 11.9. The molecule has 0 radical (unpaired) electrons. The van der Waals surface area contributed by atoms with Crippen molar-refractivity contribution in [1.29, 1.82) is 0 Å². The summed E-state index contributed by atoms with van der Waals surface area (Å²) in [7, 11) is 0. The van der Waals surface area contributed by atoms with Gasteiger partial charge >= 0.3 is 18.2 Å². The maximum atomic E-state index is 14.7. The molecular weight excluding hydrogens is 497 g/mol. The third-order valence-corrected chi connectivity index (χ3v) is 6.17. The average molecular weight is 528 g/mol. The van der Waals surface area contributed by atoms with Crippen molar-refractivity contribution in [2.45, 2.75) is 70.2 Å². The van der Waals surface area contributed by atoms with Crippen molar-refractivity contribution in [2.75, 3.05) is 13.2 Å². The predicted molar refractivity (Wildman–Crippen MR) is 126 cm³/mol. The lowest BCUT2D eigenvalue weighted by Gasteiger charge is -2.35. The minimum atomic E-state index is -4.70. The highest BCUT2D eigenvalue weighted by Crippen LogP contribution is 2.37. The van der Waals surface area contributed by atoms with Gasteiger partial charge in [-0.25, -0.2) is 18.4 Å². The molecule has 0 saturated carbocycles. The number of rotatable bonds is 10. The SMILES string of the molecule is CC(C)OC(=O)c1ccc(CCN2C(=O)OCC[C@@H]2CCCC(F)(F)c2cccc(C(F)(F)F)c2)cc1. The Kier molecular flexibility index (Phi) is 9.15. The van der Waals surface area contributed by atoms with E-state index in [1.165, 1.54) is 4.90 Å². The Morgan fingerprint density at radius 2 is 1.76 bits per heavy atom. The van der Waals surface area contributed by atoms with Crippen molar-refractivity contribution in [3.63, 3.8) is 0 Å². The lowest BCUT2D eigenvalue weighted by Crippen LogP contribution is -2.46. The fraction of sp³-hybridized carbons (Fsp3) is 0.481. The molecule has 0 unspecified atom stereocenters. The van der Waals surface area contributed by atoms with Crippen molar-refractivity contribution in [3.8, 4) is 0 Å². The predicted octanol–water partition coefficient (Wildman–Crippen LogP) is 6.99. The van der Waals surface area contributed by atoms with Crippen molar-refractivity contribution < 1.29 is 41.0 Å². The molecule has 1 saturated heterocycles. The largest absolute Gasteiger partial charge is 0.459 e. The second-order valence-electron chi connectivity index (χ2n) is 9.33. The van der Waals surface area contributed by atoms with Crippen molar-refractivity contribution in [1.82, 2.24) is 4.90 Å². The Morgan fingerprint density at radius 3 is 2.41 bits per heavy atom. The highest BCUT2D eigenvalue weighted by atomic mass is 19.4. The van der Waals surface area contributed by atoms with Gasteiger partial charge in [-0.2, -0.15) is 13.2 Å². The van der Waals surface area contributed by atoms with Crippen LogP contribution in [0, 0.1) is 0 Å². The number of hydrogen-bond donors (Lipinski definition) is 0. The molecule has 202 valence electrons. The molecule has 1 heterocycles. The van der Waals surface area contributed by atoms with Crippen molar-refractivity contribution in [3.05, 3.63) is 70.8 Å². The fourth-order valence-electron chi connectivity index (χ4n) is 4.21. The molecule has 0 spiro atoms. The van der Waals surface area contributed by atoms with Crippen LogP contribution in [0.15, 0.2) is 48.5 Å². The molecule has 1 aliphatic rings. The van der Waals surface area contributed by atoms with E-state index < -0.39 is 41.7 Å². The molecule has 3 rings (SSSR count). The van der Waals surface area contributed by atoms with Gasteiger partial charge in [-0.05, 0) is 62.9 Å². The molecule has 1 amide bonds. The van der Waals surface area contributed by atoms with Crippen molar-refractivity contribution >= 4 is 12.1 Å². The number of esters is 1. The van der Waals surface area contributed by atoms with Crippen LogP contribution in [0.2, 0.25) is 0 Å². The first-order valence-corrected chi connectivity index (χ1v) is 12.2. The molecule has 0 bridgehead atoms. The van der Waals surface area contributed by atoms with E-state index in [2.05, 4.69) is 0 Å². The topological polar surface area (TPSA) is 55.8 Å². The van der Waals surface area contributed by atoms with Crippen LogP contribution in [-0.4, -0.2) is 42.3 Å². The molecule has 10 heteroatoms. The Balaban J connectivity index is 1.57. The average Bonchev–Trinajstić information content (AvgIpc) is 2.83. The van der Waals surface area contributed by atoms with Gasteiger partial charge in [-0.1, -0.05) is 24.3 Å². The Hall–Kier alpha value is -3.17. The first-order valence-electron chi connectivity index (χ1n) is 12.2. The number of amides is 1. The van der Waals surface area contributed by atoms with Gasteiger partial charge in [-0.3, -0.25) is 0 Å². The summed E-state index contributed by atoms with van der Waals surface area (Å²) in [6.07, 6.45) is -4.88. The highest BCUT2D eigenvalue weighted by molar-refractivity contribution is 5.89. The molecule has 1 fully saturated rings. The zero-order valence-electron chi connectivity index (χ0n) is 20.7. The van der Waals surface area contributed by atoms with E-state index in [9.17, 15) is 31.5 Å². The zero-order valence-corrected chi connectivity index (χ0v) is 20.7. The van der Waals surface area contributed by atoms with E-state index in [4.69, 9.17) is 9.47 Å². The first kappa shape index (κ1) is 28.4. The highest BCUT2D eigenvalue weighted by Gasteiger charge is 2.36. The number of carbonyl (C=O) groups excluding carboxylic acids is 2. The van der Waals surface area contributed by atoms with Gasteiger partial charge < -0.3 is 14.4 Å². The van der Waals surface area contributed by atoms with E-state index in [1.54, 1.807) is 38.1 Å². The quantitative estimate of drug-likeness (QED) is 0.247. The number of carbonyl (C=O) groups is 2. The van der Waals surface area contributed by atoms with Gasteiger partial charge in [0.25, 0.3) is 5.92 Å². The van der Waals surface area contributed by atoms with Crippen LogP contribution in [0.1, 0.15) is 66.6 Å². The maximum absolute atomic E-state index is 14.7. The molecule has 0 aromatic heterocycles. The van der Waals surface area contributed by atoms with Crippen molar-refractivity contribution in [2.24, 2.45) is 0 Å². The van der Waals surface area contributed by atoms with Crippen LogP contribution in [0.3, 0.4) is 0 Å². The van der Waals surface area contributed by atoms with Crippen LogP contribution in [0.25, 0.3) is 0 Å². The van der Waals surface area contributed by atoms with E-state index in [-0.39, 0.29) is 31.6 Å². The molecule has 1 aliphatic heterocycles. The Morgan fingerprint density at radius 1 is 1.08 bits per heavy atom. The molecule has 0 aliphatic carbocycles. The van der Waals surface area contributed by atoms with Gasteiger partial charge in [0.15, 0.2) is 0 Å². The van der Waals surface area contributed by atoms with Crippen LogP contribution < -0.4 is 0 Å². The lowest BCUT2D eigenvalue weighted by atomic mass is 9.97. The van der Waals surface area contributed by atoms with Gasteiger partial charge in [-0.15, -0.1) is 0 Å². The van der Waals surface area contributed by atoms with Gasteiger partial charge in [0.05, 0.1) is 23.8 Å². The van der Waals surface area contributed by atoms with E-state index in [1.807, 2.05) is 0 Å².